The van der Waals surface area contributed by atoms with Crippen LogP contribution in [0.4, 0.5) is 5.69 Å². The molecule has 2 aromatic heterocycles. The molecule has 148 valence electrons. The highest BCUT2D eigenvalue weighted by Crippen LogP contribution is 2.42. The van der Waals surface area contributed by atoms with Gasteiger partial charge in [0.1, 0.15) is 0 Å². The van der Waals surface area contributed by atoms with Gasteiger partial charge < -0.3 is 9.88 Å². The van der Waals surface area contributed by atoms with Crippen molar-refractivity contribution in [2.45, 2.75) is 25.9 Å². The Morgan fingerprint density at radius 3 is 2.76 bits per heavy atom. The normalized spacial score (nSPS) is 14.8. The van der Waals surface area contributed by atoms with Crippen molar-refractivity contribution in [2.75, 3.05) is 4.90 Å². The number of hydrogen-bond donors (Lipinski definition) is 1. The first-order chi connectivity index (χ1) is 13.8. The lowest BCUT2D eigenvalue weighted by atomic mass is 9.93. The number of nitrogens with zero attached hydrogens (tertiary/aromatic N) is 4. The highest BCUT2D eigenvalue weighted by molar-refractivity contribution is 6.31. The summed E-state index contributed by atoms with van der Waals surface area (Å²) in [7, 11) is 1.76. The second kappa shape index (κ2) is 7.00. The molecule has 4 rings (SSSR count). The van der Waals surface area contributed by atoms with Crippen molar-refractivity contribution in [1.82, 2.24) is 19.9 Å². The van der Waals surface area contributed by atoms with E-state index in [2.05, 4.69) is 15.3 Å². The van der Waals surface area contributed by atoms with Gasteiger partial charge in [0.05, 0.1) is 17.4 Å². The molecule has 8 heteroatoms. The molecule has 2 amide bonds. The van der Waals surface area contributed by atoms with Gasteiger partial charge in [-0.2, -0.15) is 0 Å². The number of halogens is 1. The lowest BCUT2D eigenvalue weighted by Crippen LogP contribution is -2.39. The molecular weight excluding hydrogens is 390 g/mol. The Morgan fingerprint density at radius 2 is 2.03 bits per heavy atom. The van der Waals surface area contributed by atoms with E-state index in [1.807, 2.05) is 26.0 Å². The van der Waals surface area contributed by atoms with Gasteiger partial charge in [0.25, 0.3) is 11.8 Å². The van der Waals surface area contributed by atoms with Crippen molar-refractivity contribution in [3.05, 3.63) is 76.6 Å². The van der Waals surface area contributed by atoms with Gasteiger partial charge in [-0.25, -0.2) is 4.98 Å². The molecule has 0 spiro atoms. The number of carbonyl (C=O) groups excluding carboxylic acids is 2. The molecule has 0 saturated carbocycles. The van der Waals surface area contributed by atoms with E-state index >= 15 is 0 Å². The van der Waals surface area contributed by atoms with Crippen molar-refractivity contribution < 1.29 is 9.59 Å². The minimum absolute atomic E-state index is 0.0994. The third-order valence-electron chi connectivity index (χ3n) is 5.15. The number of fused-ring (bicyclic) bond motifs is 1. The zero-order valence-corrected chi connectivity index (χ0v) is 17.1. The predicted molar refractivity (Wildman–Crippen MR) is 110 cm³/mol. The van der Waals surface area contributed by atoms with Crippen molar-refractivity contribution in [2.24, 2.45) is 7.05 Å². The molecule has 0 aliphatic carbocycles. The number of imidazole rings is 1. The fourth-order valence-corrected chi connectivity index (χ4v) is 3.85. The van der Waals surface area contributed by atoms with Crippen LogP contribution in [0.5, 0.6) is 0 Å². The van der Waals surface area contributed by atoms with Crippen LogP contribution in [-0.2, 0) is 19.1 Å². The molecule has 1 N–H and O–H groups in total. The van der Waals surface area contributed by atoms with Crippen LogP contribution in [0.1, 0.15) is 46.0 Å². The van der Waals surface area contributed by atoms with Gasteiger partial charge in [-0.15, -0.1) is 0 Å². The van der Waals surface area contributed by atoms with E-state index in [1.54, 1.807) is 53.4 Å². The summed E-state index contributed by atoms with van der Waals surface area (Å²) in [6.45, 7) is 4.22. The van der Waals surface area contributed by atoms with E-state index < -0.39 is 5.54 Å². The zero-order chi connectivity index (χ0) is 20.8. The number of aryl methyl sites for hydroxylation is 1. The Balaban J connectivity index is 1.58. The smallest absolute Gasteiger partial charge is 0.287 e. The molecule has 0 atom stereocenters. The Kier molecular flexibility index (Phi) is 4.62. The minimum Gasteiger partial charge on any atom is -0.345 e. The van der Waals surface area contributed by atoms with Gasteiger partial charge in [0.2, 0.25) is 0 Å². The van der Waals surface area contributed by atoms with E-state index in [0.29, 0.717) is 22.1 Å². The number of carbonyl (C=O) groups is 2. The van der Waals surface area contributed by atoms with E-state index in [0.717, 1.165) is 11.1 Å². The first kappa shape index (κ1) is 19.1. The molecule has 0 fully saturated rings. The van der Waals surface area contributed by atoms with Gasteiger partial charge in [-0.05, 0) is 49.2 Å². The molecule has 0 saturated heterocycles. The van der Waals surface area contributed by atoms with Gasteiger partial charge in [0.15, 0.2) is 5.82 Å². The maximum absolute atomic E-state index is 13.1. The van der Waals surface area contributed by atoms with Crippen LogP contribution in [-0.4, -0.2) is 26.3 Å². The van der Waals surface area contributed by atoms with Crippen molar-refractivity contribution in [1.29, 1.82) is 0 Å². The molecular formula is C21H20ClN5O2. The number of hydrogen-bond acceptors (Lipinski definition) is 4. The SMILES string of the molecule is Cn1ccnc1C(=O)NCc1cncc(N2C(=O)c3ccc(Cl)cc3C2(C)C)c1. The second-order valence-electron chi connectivity index (χ2n) is 7.49. The number of rotatable bonds is 4. The summed E-state index contributed by atoms with van der Waals surface area (Å²) in [4.78, 5) is 35.4. The fraction of sp³-hybridized carbons (Fsp3) is 0.238. The molecule has 1 aromatic carbocycles. The quantitative estimate of drug-likeness (QED) is 0.717. The summed E-state index contributed by atoms with van der Waals surface area (Å²) in [6.07, 6.45) is 6.60. The van der Waals surface area contributed by atoms with Crippen LogP contribution >= 0.6 is 11.6 Å². The number of anilines is 1. The van der Waals surface area contributed by atoms with E-state index in [4.69, 9.17) is 11.6 Å². The highest BCUT2D eigenvalue weighted by Gasteiger charge is 2.44. The van der Waals surface area contributed by atoms with Crippen molar-refractivity contribution in [3.8, 4) is 0 Å². The lowest BCUT2D eigenvalue weighted by Gasteiger charge is -2.32. The lowest BCUT2D eigenvalue weighted by molar-refractivity contribution is 0.0935. The molecule has 1 aliphatic heterocycles. The summed E-state index contributed by atoms with van der Waals surface area (Å²) >= 11 is 6.15. The molecule has 0 bridgehead atoms. The van der Waals surface area contributed by atoms with E-state index in [9.17, 15) is 9.59 Å². The van der Waals surface area contributed by atoms with Crippen LogP contribution < -0.4 is 10.2 Å². The number of benzene rings is 1. The van der Waals surface area contributed by atoms with Gasteiger partial charge >= 0.3 is 0 Å². The number of pyridine rings is 1. The maximum atomic E-state index is 13.1. The number of nitrogens with one attached hydrogen (secondary N) is 1. The van der Waals surface area contributed by atoms with E-state index in [-0.39, 0.29) is 18.4 Å². The molecule has 0 radical (unpaired) electrons. The molecule has 7 nitrogen and oxygen atoms in total. The largest absolute Gasteiger partial charge is 0.345 e. The van der Waals surface area contributed by atoms with E-state index in [1.165, 1.54) is 0 Å². The zero-order valence-electron chi connectivity index (χ0n) is 16.3. The van der Waals surface area contributed by atoms with Crippen LogP contribution in [0.2, 0.25) is 5.02 Å². The summed E-state index contributed by atoms with van der Waals surface area (Å²) < 4.78 is 1.65. The average Bonchev–Trinajstić information content (AvgIpc) is 3.19. The topological polar surface area (TPSA) is 80.1 Å². The minimum atomic E-state index is -0.576. The summed E-state index contributed by atoms with van der Waals surface area (Å²) in [5.41, 5.74) is 2.38. The Labute approximate surface area is 173 Å². The van der Waals surface area contributed by atoms with Gasteiger partial charge in [0, 0.05) is 42.8 Å². The van der Waals surface area contributed by atoms with Crippen LogP contribution in [0, 0.1) is 0 Å². The summed E-state index contributed by atoms with van der Waals surface area (Å²) in [6, 6.07) is 7.17. The summed E-state index contributed by atoms with van der Waals surface area (Å²) in [5.74, 6) is -0.0440. The monoisotopic (exact) mass is 409 g/mol. The third kappa shape index (κ3) is 3.27. The summed E-state index contributed by atoms with van der Waals surface area (Å²) in [5, 5.41) is 3.43. The number of aromatic nitrogens is 3. The molecule has 1 aliphatic rings. The fourth-order valence-electron chi connectivity index (χ4n) is 3.68. The second-order valence-corrected chi connectivity index (χ2v) is 7.92. The van der Waals surface area contributed by atoms with Crippen LogP contribution in [0.25, 0.3) is 0 Å². The van der Waals surface area contributed by atoms with Crippen molar-refractivity contribution >= 4 is 29.1 Å². The first-order valence-corrected chi connectivity index (χ1v) is 9.51. The van der Waals surface area contributed by atoms with Crippen molar-refractivity contribution in [3.63, 3.8) is 0 Å². The van der Waals surface area contributed by atoms with Crippen LogP contribution in [0.3, 0.4) is 0 Å². The maximum Gasteiger partial charge on any atom is 0.287 e. The highest BCUT2D eigenvalue weighted by atomic mass is 35.5. The Bertz CT molecular complexity index is 1120. The standard InChI is InChI=1S/C21H20ClN5O2/c1-21(2)17-9-14(22)4-5-16(17)20(29)27(21)15-8-13(10-23-12-15)11-25-19(28)18-24-6-7-26(18)3/h4-10,12H,11H2,1-3H3,(H,25,28). The molecule has 3 heterocycles. The van der Waals surface area contributed by atoms with Crippen LogP contribution in [0.15, 0.2) is 49.1 Å². The molecule has 0 unspecified atom stereocenters. The van der Waals surface area contributed by atoms with Gasteiger partial charge in [-0.1, -0.05) is 11.6 Å². The predicted octanol–water partition coefficient (Wildman–Crippen LogP) is 3.29. The Morgan fingerprint density at radius 1 is 1.24 bits per heavy atom. The molecule has 29 heavy (non-hydrogen) atoms. The number of amides is 2. The third-order valence-corrected chi connectivity index (χ3v) is 5.38. The Hall–Kier alpha value is -3.19. The first-order valence-electron chi connectivity index (χ1n) is 9.13. The van der Waals surface area contributed by atoms with Gasteiger partial charge in [-0.3, -0.25) is 19.5 Å². The average molecular weight is 410 g/mol. The molecule has 3 aromatic rings.